The standard InChI is InChI=1S/C12H24S/c1-9(2)13-8-12-7-10(3)5-6-11(12)4/h9-12H,5-8H2,1-4H3. The van der Waals surface area contributed by atoms with Crippen LogP contribution in [0.5, 0.6) is 0 Å². The molecule has 0 spiro atoms. The van der Waals surface area contributed by atoms with Gasteiger partial charge in [0.2, 0.25) is 0 Å². The first-order chi connectivity index (χ1) is 6.09. The Kier molecular flexibility index (Phi) is 4.64. The van der Waals surface area contributed by atoms with E-state index in [9.17, 15) is 0 Å². The van der Waals surface area contributed by atoms with Gasteiger partial charge in [0.25, 0.3) is 0 Å². The van der Waals surface area contributed by atoms with Crippen molar-refractivity contribution in [3.63, 3.8) is 0 Å². The molecule has 1 aliphatic rings. The largest absolute Gasteiger partial charge is 0.159 e. The van der Waals surface area contributed by atoms with E-state index in [0.29, 0.717) is 0 Å². The summed E-state index contributed by atoms with van der Waals surface area (Å²) < 4.78 is 0. The summed E-state index contributed by atoms with van der Waals surface area (Å²) in [7, 11) is 0. The van der Waals surface area contributed by atoms with Gasteiger partial charge in [0.05, 0.1) is 0 Å². The second-order valence-corrected chi connectivity index (χ2v) is 6.65. The Morgan fingerprint density at radius 1 is 1.23 bits per heavy atom. The average molecular weight is 200 g/mol. The van der Waals surface area contributed by atoms with E-state index >= 15 is 0 Å². The van der Waals surface area contributed by atoms with Gasteiger partial charge >= 0.3 is 0 Å². The summed E-state index contributed by atoms with van der Waals surface area (Å²) in [6.07, 6.45) is 4.40. The van der Waals surface area contributed by atoms with E-state index in [-0.39, 0.29) is 0 Å². The molecule has 0 saturated heterocycles. The molecule has 1 heteroatoms. The van der Waals surface area contributed by atoms with Gasteiger partial charge in [-0.25, -0.2) is 0 Å². The molecular formula is C12H24S. The van der Waals surface area contributed by atoms with Crippen LogP contribution >= 0.6 is 11.8 Å². The van der Waals surface area contributed by atoms with Crippen LogP contribution in [0.15, 0.2) is 0 Å². The summed E-state index contributed by atoms with van der Waals surface area (Å²) in [5.41, 5.74) is 0. The van der Waals surface area contributed by atoms with Crippen LogP contribution in [0, 0.1) is 17.8 Å². The van der Waals surface area contributed by atoms with E-state index in [4.69, 9.17) is 0 Å². The molecule has 0 bridgehead atoms. The van der Waals surface area contributed by atoms with Crippen molar-refractivity contribution in [3.8, 4) is 0 Å². The molecule has 1 aliphatic carbocycles. The van der Waals surface area contributed by atoms with Crippen molar-refractivity contribution in [2.75, 3.05) is 5.75 Å². The predicted molar refractivity (Wildman–Crippen MR) is 63.3 cm³/mol. The zero-order chi connectivity index (χ0) is 9.84. The Labute approximate surface area is 87.9 Å². The number of thioether (sulfide) groups is 1. The lowest BCUT2D eigenvalue weighted by molar-refractivity contribution is 0.224. The zero-order valence-corrected chi connectivity index (χ0v) is 10.4. The van der Waals surface area contributed by atoms with Crippen LogP contribution in [0.2, 0.25) is 0 Å². The van der Waals surface area contributed by atoms with Crippen LogP contribution in [-0.2, 0) is 0 Å². The Bertz CT molecular complexity index is 142. The van der Waals surface area contributed by atoms with Crippen LogP contribution in [-0.4, -0.2) is 11.0 Å². The van der Waals surface area contributed by atoms with Crippen LogP contribution in [0.3, 0.4) is 0 Å². The lowest BCUT2D eigenvalue weighted by atomic mass is 9.76. The summed E-state index contributed by atoms with van der Waals surface area (Å²) in [5.74, 6) is 4.34. The van der Waals surface area contributed by atoms with Crippen molar-refractivity contribution in [2.45, 2.75) is 52.2 Å². The maximum absolute atomic E-state index is 2.44. The van der Waals surface area contributed by atoms with E-state index in [1.807, 2.05) is 0 Å². The van der Waals surface area contributed by atoms with E-state index < -0.39 is 0 Å². The number of hydrogen-bond donors (Lipinski definition) is 0. The molecule has 0 aromatic carbocycles. The fourth-order valence-corrected chi connectivity index (χ4v) is 3.30. The third-order valence-electron chi connectivity index (χ3n) is 3.27. The Morgan fingerprint density at radius 2 is 1.92 bits per heavy atom. The topological polar surface area (TPSA) is 0 Å². The van der Waals surface area contributed by atoms with Gasteiger partial charge in [0.15, 0.2) is 0 Å². The smallest absolute Gasteiger partial charge is 0.000958 e. The van der Waals surface area contributed by atoms with Crippen LogP contribution in [0.1, 0.15) is 47.0 Å². The van der Waals surface area contributed by atoms with Crippen molar-refractivity contribution in [1.82, 2.24) is 0 Å². The van der Waals surface area contributed by atoms with Crippen LogP contribution in [0.4, 0.5) is 0 Å². The SMILES string of the molecule is CC1CCC(C)C(CSC(C)C)C1. The lowest BCUT2D eigenvalue weighted by Crippen LogP contribution is -2.23. The fourth-order valence-electron chi connectivity index (χ4n) is 2.20. The minimum atomic E-state index is 0.810. The van der Waals surface area contributed by atoms with Crippen molar-refractivity contribution >= 4 is 11.8 Å². The van der Waals surface area contributed by atoms with Gasteiger partial charge in [-0.15, -0.1) is 0 Å². The molecule has 0 radical (unpaired) electrons. The molecule has 3 atom stereocenters. The maximum atomic E-state index is 2.44. The molecule has 3 unspecified atom stereocenters. The van der Waals surface area contributed by atoms with Gasteiger partial charge in [0.1, 0.15) is 0 Å². The molecule has 0 aliphatic heterocycles. The summed E-state index contributed by atoms with van der Waals surface area (Å²) in [4.78, 5) is 0. The molecule has 0 aromatic rings. The summed E-state index contributed by atoms with van der Waals surface area (Å²) >= 11 is 2.14. The highest BCUT2D eigenvalue weighted by Gasteiger charge is 2.25. The van der Waals surface area contributed by atoms with E-state index in [1.54, 1.807) is 0 Å². The van der Waals surface area contributed by atoms with Gasteiger partial charge in [-0.05, 0) is 35.2 Å². The van der Waals surface area contributed by atoms with E-state index in [2.05, 4.69) is 39.5 Å². The molecule has 0 amide bonds. The number of hydrogen-bond acceptors (Lipinski definition) is 1. The summed E-state index contributed by atoms with van der Waals surface area (Å²) in [5, 5.41) is 0.810. The third-order valence-corrected chi connectivity index (χ3v) is 4.56. The summed E-state index contributed by atoms with van der Waals surface area (Å²) in [6, 6.07) is 0. The second kappa shape index (κ2) is 5.29. The molecule has 0 nitrogen and oxygen atoms in total. The number of rotatable bonds is 3. The fraction of sp³-hybridized carbons (Fsp3) is 1.00. The quantitative estimate of drug-likeness (QED) is 0.658. The maximum Gasteiger partial charge on any atom is -0.000958 e. The van der Waals surface area contributed by atoms with E-state index in [1.165, 1.54) is 25.0 Å². The first-order valence-corrected chi connectivity index (χ1v) is 6.76. The van der Waals surface area contributed by atoms with Crippen molar-refractivity contribution in [3.05, 3.63) is 0 Å². The summed E-state index contributed by atoms with van der Waals surface area (Å²) in [6.45, 7) is 9.47. The molecule has 78 valence electrons. The predicted octanol–water partition coefficient (Wildman–Crippen LogP) is 4.20. The van der Waals surface area contributed by atoms with Crippen molar-refractivity contribution in [2.24, 2.45) is 17.8 Å². The van der Waals surface area contributed by atoms with Gasteiger partial charge in [-0.2, -0.15) is 11.8 Å². The molecular weight excluding hydrogens is 176 g/mol. The highest BCUT2D eigenvalue weighted by molar-refractivity contribution is 7.99. The molecule has 0 heterocycles. The van der Waals surface area contributed by atoms with Gasteiger partial charge in [-0.1, -0.05) is 40.5 Å². The Morgan fingerprint density at radius 3 is 2.54 bits per heavy atom. The average Bonchev–Trinajstić information content (AvgIpc) is 2.06. The second-order valence-electron chi connectivity index (χ2n) is 5.04. The minimum Gasteiger partial charge on any atom is -0.159 e. The lowest BCUT2D eigenvalue weighted by Gasteiger charge is -2.32. The normalized spacial score (nSPS) is 35.3. The van der Waals surface area contributed by atoms with Crippen LogP contribution < -0.4 is 0 Å². The highest BCUT2D eigenvalue weighted by atomic mass is 32.2. The molecule has 1 fully saturated rings. The van der Waals surface area contributed by atoms with Gasteiger partial charge < -0.3 is 0 Å². The van der Waals surface area contributed by atoms with Gasteiger partial charge in [0, 0.05) is 0 Å². The Balaban J connectivity index is 2.29. The first-order valence-electron chi connectivity index (χ1n) is 5.71. The Hall–Kier alpha value is 0.350. The zero-order valence-electron chi connectivity index (χ0n) is 9.55. The first kappa shape index (κ1) is 11.4. The van der Waals surface area contributed by atoms with E-state index in [0.717, 1.165) is 23.0 Å². The monoisotopic (exact) mass is 200 g/mol. The minimum absolute atomic E-state index is 0.810. The molecule has 0 N–H and O–H groups in total. The third kappa shape index (κ3) is 3.93. The molecule has 13 heavy (non-hydrogen) atoms. The van der Waals surface area contributed by atoms with Crippen molar-refractivity contribution in [1.29, 1.82) is 0 Å². The molecule has 0 aromatic heterocycles. The molecule has 1 rings (SSSR count). The molecule has 1 saturated carbocycles. The van der Waals surface area contributed by atoms with Crippen molar-refractivity contribution < 1.29 is 0 Å². The van der Waals surface area contributed by atoms with Gasteiger partial charge in [-0.3, -0.25) is 0 Å². The highest BCUT2D eigenvalue weighted by Crippen LogP contribution is 2.35. The van der Waals surface area contributed by atoms with Crippen LogP contribution in [0.25, 0.3) is 0 Å².